The van der Waals surface area contributed by atoms with Gasteiger partial charge in [-0.25, -0.2) is 9.38 Å². The van der Waals surface area contributed by atoms with Crippen molar-refractivity contribution < 1.29 is 14.0 Å². The molecule has 0 radical (unpaired) electrons. The Hall–Kier alpha value is -2.60. The van der Waals surface area contributed by atoms with Crippen molar-refractivity contribution in [2.24, 2.45) is 10.1 Å². The highest BCUT2D eigenvalue weighted by Crippen LogP contribution is 2.23. The normalized spacial score (nSPS) is 17.0. The maximum absolute atomic E-state index is 13.2. The fraction of sp³-hybridized carbons (Fsp3) is 0.304. The third-order valence-corrected chi connectivity index (χ3v) is 5.11. The Labute approximate surface area is 175 Å². The van der Waals surface area contributed by atoms with Gasteiger partial charge in [-0.15, -0.1) is 11.8 Å². The van der Waals surface area contributed by atoms with Gasteiger partial charge >= 0.3 is 0 Å². The van der Waals surface area contributed by atoms with Gasteiger partial charge in [0.15, 0.2) is 0 Å². The first kappa shape index (κ1) is 21.1. The number of nitrogens with zero attached hydrogens (tertiary/aromatic N) is 2. The van der Waals surface area contributed by atoms with Crippen LogP contribution in [-0.4, -0.2) is 29.7 Å². The summed E-state index contributed by atoms with van der Waals surface area (Å²) in [5, 5.41) is 5.12. The van der Waals surface area contributed by atoms with Crippen molar-refractivity contribution in [2.75, 3.05) is 19.0 Å². The summed E-state index contributed by atoms with van der Waals surface area (Å²) < 4.78 is 19.2. The van der Waals surface area contributed by atoms with Gasteiger partial charge in [-0.2, -0.15) is 0 Å². The predicted octanol–water partition coefficient (Wildman–Crippen LogP) is 5.79. The Bertz CT molecular complexity index is 896. The molecule has 0 atom stereocenters. The molecule has 2 aliphatic rings. The lowest BCUT2D eigenvalue weighted by Gasteiger charge is -2.15. The molecule has 0 fully saturated rings. The number of ether oxygens (including phenoxy) is 1. The maximum Gasteiger partial charge on any atom is 0.142 e. The lowest BCUT2D eigenvalue weighted by Crippen LogP contribution is -2.15. The average molecular weight is 413 g/mol. The van der Waals surface area contributed by atoms with Crippen LogP contribution in [0, 0.1) is 5.82 Å². The molecule has 0 amide bonds. The quantitative estimate of drug-likeness (QED) is 0.308. The van der Waals surface area contributed by atoms with Gasteiger partial charge in [0.1, 0.15) is 35.5 Å². The number of halogens is 1. The number of allylic oxidation sites excluding steroid dienone is 5. The molecule has 0 bridgehead atoms. The van der Waals surface area contributed by atoms with Gasteiger partial charge in [0.2, 0.25) is 0 Å². The molecule has 0 saturated heterocycles. The fourth-order valence-electron chi connectivity index (χ4n) is 2.68. The summed E-state index contributed by atoms with van der Waals surface area (Å²) in [6.07, 6.45) is 12.0. The number of benzene rings is 1. The van der Waals surface area contributed by atoms with E-state index in [2.05, 4.69) is 24.2 Å². The summed E-state index contributed by atoms with van der Waals surface area (Å²) in [7, 11) is 0. The van der Waals surface area contributed by atoms with E-state index in [1.807, 2.05) is 25.2 Å². The van der Waals surface area contributed by atoms with E-state index < -0.39 is 0 Å². The van der Waals surface area contributed by atoms with Crippen molar-refractivity contribution in [1.82, 2.24) is 0 Å². The Kier molecular flexibility index (Phi) is 7.87. The lowest BCUT2D eigenvalue weighted by atomic mass is 10.2. The molecule has 1 aromatic rings. The third kappa shape index (κ3) is 6.46. The summed E-state index contributed by atoms with van der Waals surface area (Å²) >= 11 is 1.61. The average Bonchev–Trinajstić information content (AvgIpc) is 2.95. The van der Waals surface area contributed by atoms with Gasteiger partial charge in [-0.1, -0.05) is 29.8 Å². The van der Waals surface area contributed by atoms with Crippen LogP contribution >= 0.6 is 11.8 Å². The van der Waals surface area contributed by atoms with Crippen molar-refractivity contribution >= 4 is 22.5 Å². The van der Waals surface area contributed by atoms with Crippen LogP contribution in [0.4, 0.5) is 4.39 Å². The molecule has 152 valence electrons. The zero-order valence-corrected chi connectivity index (χ0v) is 17.5. The zero-order chi connectivity index (χ0) is 20.5. The van der Waals surface area contributed by atoms with E-state index in [-0.39, 0.29) is 12.4 Å². The number of hydrogen-bond donors (Lipinski definition) is 0. The SMILES string of the molecule is CCCO/N=C(\COC1=CC(C)=CCC=C1)C1=CCSC(c2ccc(F)cc2)=N1. The fourth-order valence-corrected chi connectivity index (χ4v) is 3.55. The predicted molar refractivity (Wildman–Crippen MR) is 119 cm³/mol. The summed E-state index contributed by atoms with van der Waals surface area (Å²) in [5.74, 6) is 1.28. The Morgan fingerprint density at radius 3 is 2.86 bits per heavy atom. The van der Waals surface area contributed by atoms with Gasteiger partial charge in [0.25, 0.3) is 0 Å². The molecule has 1 aliphatic carbocycles. The van der Waals surface area contributed by atoms with E-state index in [9.17, 15) is 4.39 Å². The minimum Gasteiger partial charge on any atom is -0.487 e. The second kappa shape index (κ2) is 10.8. The first-order valence-electron chi connectivity index (χ1n) is 9.70. The minimum atomic E-state index is -0.261. The summed E-state index contributed by atoms with van der Waals surface area (Å²) in [5.41, 5.74) is 3.41. The van der Waals surface area contributed by atoms with Crippen molar-refractivity contribution in [3.8, 4) is 0 Å². The Morgan fingerprint density at radius 1 is 1.24 bits per heavy atom. The van der Waals surface area contributed by atoms with Crippen LogP contribution < -0.4 is 0 Å². The summed E-state index contributed by atoms with van der Waals surface area (Å²) in [6.45, 7) is 4.87. The van der Waals surface area contributed by atoms with E-state index in [1.54, 1.807) is 23.9 Å². The van der Waals surface area contributed by atoms with Crippen LogP contribution in [0.1, 0.15) is 32.3 Å². The van der Waals surface area contributed by atoms with Crippen molar-refractivity contribution in [1.29, 1.82) is 0 Å². The topological polar surface area (TPSA) is 43.2 Å². The van der Waals surface area contributed by atoms with E-state index in [0.717, 1.165) is 46.2 Å². The van der Waals surface area contributed by atoms with E-state index in [4.69, 9.17) is 14.6 Å². The summed E-state index contributed by atoms with van der Waals surface area (Å²) in [6, 6.07) is 6.36. The molecule has 0 spiro atoms. The molecule has 0 aromatic heterocycles. The molecule has 6 heteroatoms. The van der Waals surface area contributed by atoms with E-state index >= 15 is 0 Å². The van der Waals surface area contributed by atoms with Gasteiger partial charge < -0.3 is 9.57 Å². The largest absolute Gasteiger partial charge is 0.487 e. The van der Waals surface area contributed by atoms with Gasteiger partial charge in [-0.3, -0.25) is 0 Å². The standard InChI is InChI=1S/C23H25FN2O2S/c1-3-13-28-26-22(16-27-20-7-5-4-6-17(2)15-20)21-12-14-29-23(25-21)18-8-10-19(24)11-9-18/h5-12,15H,3-4,13-14,16H2,1-2H3/b26-22+. The lowest BCUT2D eigenvalue weighted by molar-refractivity contribution is 0.142. The van der Waals surface area contributed by atoms with Gasteiger partial charge in [0.05, 0.1) is 5.70 Å². The number of hydrogen-bond acceptors (Lipinski definition) is 5. The Morgan fingerprint density at radius 2 is 2.07 bits per heavy atom. The van der Waals surface area contributed by atoms with Crippen molar-refractivity contribution in [2.45, 2.75) is 26.7 Å². The van der Waals surface area contributed by atoms with E-state index in [1.165, 1.54) is 12.1 Å². The molecule has 4 nitrogen and oxygen atoms in total. The van der Waals surface area contributed by atoms with Crippen molar-refractivity contribution in [3.05, 3.63) is 83.1 Å². The first-order valence-corrected chi connectivity index (χ1v) is 10.7. The Balaban J connectivity index is 1.78. The highest BCUT2D eigenvalue weighted by Gasteiger charge is 2.16. The van der Waals surface area contributed by atoms with E-state index in [0.29, 0.717) is 12.3 Å². The highest BCUT2D eigenvalue weighted by atomic mass is 32.2. The molecule has 3 rings (SSSR count). The van der Waals surface area contributed by atoms with Crippen LogP contribution in [0.2, 0.25) is 0 Å². The summed E-state index contributed by atoms with van der Waals surface area (Å²) in [4.78, 5) is 10.2. The molecule has 1 heterocycles. The first-order chi connectivity index (χ1) is 14.2. The number of rotatable bonds is 8. The number of aliphatic imine (C=N–C) groups is 1. The minimum absolute atomic E-state index is 0.254. The van der Waals surface area contributed by atoms with Crippen LogP contribution in [0.25, 0.3) is 0 Å². The second-order valence-corrected chi connectivity index (χ2v) is 7.63. The molecule has 0 unspecified atom stereocenters. The molecule has 29 heavy (non-hydrogen) atoms. The third-order valence-electron chi connectivity index (χ3n) is 4.18. The number of oxime groups is 1. The van der Waals surface area contributed by atoms with Gasteiger partial charge in [0, 0.05) is 11.3 Å². The van der Waals surface area contributed by atoms with Gasteiger partial charge in [-0.05, 0) is 62.3 Å². The maximum atomic E-state index is 13.2. The van der Waals surface area contributed by atoms with Crippen LogP contribution in [0.15, 0.2) is 81.8 Å². The molecule has 0 N–H and O–H groups in total. The second-order valence-electron chi connectivity index (χ2n) is 6.62. The van der Waals surface area contributed by atoms with Crippen molar-refractivity contribution in [3.63, 3.8) is 0 Å². The monoisotopic (exact) mass is 412 g/mol. The molecule has 1 aromatic carbocycles. The van der Waals surface area contributed by atoms with Crippen LogP contribution in [-0.2, 0) is 9.57 Å². The highest BCUT2D eigenvalue weighted by molar-refractivity contribution is 8.14. The molecular weight excluding hydrogens is 387 g/mol. The van der Waals surface area contributed by atoms with Crippen LogP contribution in [0.5, 0.6) is 0 Å². The zero-order valence-electron chi connectivity index (χ0n) is 16.7. The molecule has 0 saturated carbocycles. The molecular formula is C23H25FN2O2S. The molecule has 1 aliphatic heterocycles. The smallest absolute Gasteiger partial charge is 0.142 e. The number of thioether (sulfide) groups is 1. The van der Waals surface area contributed by atoms with Crippen LogP contribution in [0.3, 0.4) is 0 Å².